The minimum atomic E-state index is -0.523. The van der Waals surface area contributed by atoms with Crippen molar-refractivity contribution in [2.75, 3.05) is 11.9 Å². The van der Waals surface area contributed by atoms with Gasteiger partial charge < -0.3 is 5.32 Å². The fraction of sp³-hybridized carbons (Fsp3) is 0.286. The van der Waals surface area contributed by atoms with E-state index in [9.17, 15) is 14.0 Å². The molecule has 1 aliphatic rings. The average Bonchev–Trinajstić information content (AvgIpc) is 2.94. The van der Waals surface area contributed by atoms with E-state index >= 15 is 0 Å². The Morgan fingerprint density at radius 2 is 1.93 bits per heavy atom. The van der Waals surface area contributed by atoms with Gasteiger partial charge in [0, 0.05) is 18.7 Å². The van der Waals surface area contributed by atoms with E-state index in [0.29, 0.717) is 17.4 Å². The van der Waals surface area contributed by atoms with E-state index in [4.69, 9.17) is 0 Å². The zero-order valence-electron chi connectivity index (χ0n) is 16.0. The largest absolute Gasteiger partial charge is 0.326 e. The van der Waals surface area contributed by atoms with Crippen LogP contribution in [-0.4, -0.2) is 33.7 Å². The first kappa shape index (κ1) is 20.1. The summed E-state index contributed by atoms with van der Waals surface area (Å²) in [5, 5.41) is 2.89. The van der Waals surface area contributed by atoms with Crippen LogP contribution < -0.4 is 5.32 Å². The van der Waals surface area contributed by atoms with Crippen LogP contribution >= 0.6 is 11.8 Å². The molecule has 7 heteroatoms. The minimum Gasteiger partial charge on any atom is -0.326 e. The van der Waals surface area contributed by atoms with E-state index in [2.05, 4.69) is 10.3 Å². The second-order valence-electron chi connectivity index (χ2n) is 6.63. The maximum Gasteiger partial charge on any atom is 0.242 e. The molecule has 3 rings (SSSR count). The molecule has 28 heavy (non-hydrogen) atoms. The number of amides is 2. The number of amidine groups is 1. The molecule has 1 saturated heterocycles. The minimum absolute atomic E-state index is 0.0652. The molecular formula is C21H22FN3O2S. The Balaban J connectivity index is 1.71. The lowest BCUT2D eigenvalue weighted by Crippen LogP contribution is -2.33. The average molecular weight is 399 g/mol. The fourth-order valence-corrected chi connectivity index (χ4v) is 4.19. The first-order valence-electron chi connectivity index (χ1n) is 9.06. The standard InChI is InChI=1S/C21H22FN3O2S/c1-4-25-20(27)18(28-21(25)23-16-8-6-15(22)7-9-16)12-19(26)24-17-10-5-13(2)11-14(17)3/h5-11,18H,4,12H2,1-3H3,(H,24,26). The Morgan fingerprint density at radius 1 is 1.21 bits per heavy atom. The number of rotatable bonds is 5. The van der Waals surface area contributed by atoms with Crippen LogP contribution in [0.25, 0.3) is 0 Å². The third-order valence-corrected chi connectivity index (χ3v) is 5.59. The van der Waals surface area contributed by atoms with Crippen molar-refractivity contribution in [3.05, 3.63) is 59.4 Å². The molecule has 2 amide bonds. The van der Waals surface area contributed by atoms with Crippen molar-refractivity contribution in [3.8, 4) is 0 Å². The molecule has 1 atom stereocenters. The summed E-state index contributed by atoms with van der Waals surface area (Å²) in [4.78, 5) is 31.2. The van der Waals surface area contributed by atoms with Gasteiger partial charge in [0.2, 0.25) is 11.8 Å². The number of halogens is 1. The molecule has 1 unspecified atom stereocenters. The lowest BCUT2D eigenvalue weighted by atomic mass is 10.1. The number of benzene rings is 2. The summed E-state index contributed by atoms with van der Waals surface area (Å²) in [6, 6.07) is 11.6. The van der Waals surface area contributed by atoms with Crippen LogP contribution in [0.15, 0.2) is 47.5 Å². The molecule has 2 aromatic rings. The molecule has 0 bridgehead atoms. The summed E-state index contributed by atoms with van der Waals surface area (Å²) in [6.07, 6.45) is 0.0652. The Labute approximate surface area is 168 Å². The lowest BCUT2D eigenvalue weighted by molar-refractivity contribution is -0.128. The van der Waals surface area contributed by atoms with Crippen LogP contribution in [0.3, 0.4) is 0 Å². The molecule has 1 heterocycles. The van der Waals surface area contributed by atoms with Gasteiger partial charge in [0.05, 0.1) is 5.69 Å². The van der Waals surface area contributed by atoms with Crippen LogP contribution in [-0.2, 0) is 9.59 Å². The molecule has 0 spiro atoms. The zero-order valence-corrected chi connectivity index (χ0v) is 16.8. The number of nitrogens with one attached hydrogen (secondary N) is 1. The van der Waals surface area contributed by atoms with Crippen molar-refractivity contribution in [1.29, 1.82) is 0 Å². The van der Waals surface area contributed by atoms with Gasteiger partial charge in [-0.05, 0) is 56.7 Å². The highest BCUT2D eigenvalue weighted by molar-refractivity contribution is 8.15. The van der Waals surface area contributed by atoms with Crippen LogP contribution in [0, 0.1) is 19.7 Å². The van der Waals surface area contributed by atoms with Crippen molar-refractivity contribution in [1.82, 2.24) is 4.90 Å². The third-order valence-electron chi connectivity index (χ3n) is 4.41. The fourth-order valence-electron chi connectivity index (χ4n) is 2.97. The van der Waals surface area contributed by atoms with Crippen LogP contribution in [0.5, 0.6) is 0 Å². The molecule has 0 radical (unpaired) electrons. The summed E-state index contributed by atoms with van der Waals surface area (Å²) in [7, 11) is 0. The van der Waals surface area contributed by atoms with Gasteiger partial charge in [-0.25, -0.2) is 9.38 Å². The molecule has 5 nitrogen and oxygen atoms in total. The van der Waals surface area contributed by atoms with Crippen molar-refractivity contribution in [2.45, 2.75) is 32.4 Å². The van der Waals surface area contributed by atoms with Gasteiger partial charge >= 0.3 is 0 Å². The highest BCUT2D eigenvalue weighted by atomic mass is 32.2. The number of hydrogen-bond donors (Lipinski definition) is 1. The Kier molecular flexibility index (Phi) is 6.14. The predicted molar refractivity (Wildman–Crippen MR) is 111 cm³/mol. The van der Waals surface area contributed by atoms with E-state index < -0.39 is 5.25 Å². The van der Waals surface area contributed by atoms with Crippen molar-refractivity contribution in [3.63, 3.8) is 0 Å². The SMILES string of the molecule is CCN1C(=O)C(CC(=O)Nc2ccc(C)cc2C)SC1=Nc1ccc(F)cc1. The first-order valence-corrected chi connectivity index (χ1v) is 9.94. The van der Waals surface area contributed by atoms with Gasteiger partial charge in [-0.1, -0.05) is 29.5 Å². The highest BCUT2D eigenvalue weighted by Gasteiger charge is 2.38. The van der Waals surface area contributed by atoms with E-state index in [-0.39, 0.29) is 24.1 Å². The molecule has 2 aromatic carbocycles. The van der Waals surface area contributed by atoms with Gasteiger partial charge in [-0.3, -0.25) is 14.5 Å². The first-order chi connectivity index (χ1) is 13.4. The van der Waals surface area contributed by atoms with Gasteiger partial charge in [-0.15, -0.1) is 0 Å². The van der Waals surface area contributed by atoms with E-state index in [1.807, 2.05) is 39.0 Å². The van der Waals surface area contributed by atoms with E-state index in [1.54, 1.807) is 17.0 Å². The number of anilines is 1. The normalized spacial score (nSPS) is 18.0. The zero-order chi connectivity index (χ0) is 20.3. The van der Waals surface area contributed by atoms with Gasteiger partial charge in [0.1, 0.15) is 11.1 Å². The molecule has 0 aromatic heterocycles. The Morgan fingerprint density at radius 3 is 2.57 bits per heavy atom. The van der Waals surface area contributed by atoms with Gasteiger partial charge in [0.25, 0.3) is 0 Å². The Hall–Kier alpha value is -2.67. The number of hydrogen-bond acceptors (Lipinski definition) is 4. The van der Waals surface area contributed by atoms with Crippen LogP contribution in [0.4, 0.5) is 15.8 Å². The Bertz CT molecular complexity index is 928. The van der Waals surface area contributed by atoms with Crippen LogP contribution in [0.1, 0.15) is 24.5 Å². The molecule has 1 fully saturated rings. The van der Waals surface area contributed by atoms with Crippen LogP contribution in [0.2, 0.25) is 0 Å². The van der Waals surface area contributed by atoms with Gasteiger partial charge in [0.15, 0.2) is 5.17 Å². The monoisotopic (exact) mass is 399 g/mol. The highest BCUT2D eigenvalue weighted by Crippen LogP contribution is 2.32. The second kappa shape index (κ2) is 8.56. The number of nitrogens with zero attached hydrogens (tertiary/aromatic N) is 2. The quantitative estimate of drug-likeness (QED) is 0.809. The predicted octanol–water partition coefficient (Wildman–Crippen LogP) is 4.42. The maximum atomic E-state index is 13.1. The number of thioether (sulfide) groups is 1. The van der Waals surface area contributed by atoms with Crippen molar-refractivity contribution >= 4 is 40.1 Å². The van der Waals surface area contributed by atoms with Crippen molar-refractivity contribution < 1.29 is 14.0 Å². The number of carbonyl (C=O) groups excluding carboxylic acids is 2. The molecule has 0 saturated carbocycles. The third kappa shape index (κ3) is 4.59. The number of carbonyl (C=O) groups is 2. The molecule has 1 aliphatic heterocycles. The summed E-state index contributed by atoms with van der Waals surface area (Å²) in [5.74, 6) is -0.687. The summed E-state index contributed by atoms with van der Waals surface area (Å²) < 4.78 is 13.1. The number of aliphatic imine (C=N–C) groups is 1. The molecule has 146 valence electrons. The molecule has 1 N–H and O–H groups in total. The topological polar surface area (TPSA) is 61.8 Å². The second-order valence-corrected chi connectivity index (χ2v) is 7.80. The van der Waals surface area contributed by atoms with E-state index in [0.717, 1.165) is 16.8 Å². The molecular weight excluding hydrogens is 377 g/mol. The number of aryl methyl sites for hydroxylation is 2. The summed E-state index contributed by atoms with van der Waals surface area (Å²) >= 11 is 1.27. The lowest BCUT2D eigenvalue weighted by Gasteiger charge is -2.13. The summed E-state index contributed by atoms with van der Waals surface area (Å²) in [5.41, 5.74) is 3.42. The maximum absolute atomic E-state index is 13.1. The van der Waals surface area contributed by atoms with E-state index in [1.165, 1.54) is 23.9 Å². The molecule has 0 aliphatic carbocycles. The van der Waals surface area contributed by atoms with Gasteiger partial charge in [-0.2, -0.15) is 0 Å². The van der Waals surface area contributed by atoms with Crippen molar-refractivity contribution in [2.24, 2.45) is 4.99 Å². The summed E-state index contributed by atoms with van der Waals surface area (Å²) in [6.45, 7) is 6.25. The smallest absolute Gasteiger partial charge is 0.242 e.